The molecule has 11 heavy (non-hydrogen) atoms. The molecule has 0 radical (unpaired) electrons. The molecule has 0 saturated carbocycles. The summed E-state index contributed by atoms with van der Waals surface area (Å²) in [6.07, 6.45) is -0.970. The first-order valence-corrected chi connectivity index (χ1v) is 3.58. The van der Waals surface area contributed by atoms with Crippen molar-refractivity contribution in [3.63, 3.8) is 0 Å². The first-order chi connectivity index (χ1) is 5.08. The first-order valence-electron chi connectivity index (χ1n) is 3.58. The largest absolute Gasteiger partial charge is 0.341 e. The highest BCUT2D eigenvalue weighted by molar-refractivity contribution is 5.86. The van der Waals surface area contributed by atoms with Crippen LogP contribution in [0.25, 0.3) is 0 Å². The third-order valence-electron chi connectivity index (χ3n) is 1.77. The summed E-state index contributed by atoms with van der Waals surface area (Å²) in [5.74, 6) is -0.702. The van der Waals surface area contributed by atoms with Gasteiger partial charge in [0.05, 0.1) is 0 Å². The molecule has 2 saturated heterocycles. The Morgan fingerprint density at radius 3 is 2.82 bits per heavy atom. The lowest BCUT2D eigenvalue weighted by molar-refractivity contribution is -0.193. The minimum atomic E-state index is -0.675. The van der Waals surface area contributed by atoms with Crippen molar-refractivity contribution >= 4 is 5.78 Å². The summed E-state index contributed by atoms with van der Waals surface area (Å²) in [5.41, 5.74) is 0. The molecule has 4 nitrogen and oxygen atoms in total. The van der Waals surface area contributed by atoms with E-state index in [0.717, 1.165) is 0 Å². The predicted octanol–water partition coefficient (Wildman–Crippen LogP) is 0.0633. The summed E-state index contributed by atoms with van der Waals surface area (Å²) in [4.78, 5) is 11.0. The van der Waals surface area contributed by atoms with Gasteiger partial charge in [-0.1, -0.05) is 0 Å². The zero-order valence-corrected chi connectivity index (χ0v) is 6.49. The van der Waals surface area contributed by atoms with Gasteiger partial charge < -0.3 is 14.2 Å². The second kappa shape index (κ2) is 2.03. The normalized spacial score (nSPS) is 41.1. The fourth-order valence-electron chi connectivity index (χ4n) is 1.32. The zero-order chi connectivity index (χ0) is 8.06. The molecule has 0 amide bonds. The van der Waals surface area contributed by atoms with E-state index in [9.17, 15) is 4.79 Å². The van der Waals surface area contributed by atoms with Crippen LogP contribution < -0.4 is 0 Å². The highest BCUT2D eigenvalue weighted by Crippen LogP contribution is 2.32. The monoisotopic (exact) mass is 158 g/mol. The molecule has 2 aliphatic rings. The molecule has 1 unspecified atom stereocenters. The number of hydrogen-bond acceptors (Lipinski definition) is 4. The van der Waals surface area contributed by atoms with Gasteiger partial charge in [-0.2, -0.15) is 0 Å². The van der Waals surface area contributed by atoms with Crippen LogP contribution in [-0.2, 0) is 19.0 Å². The van der Waals surface area contributed by atoms with Crippen LogP contribution in [0.5, 0.6) is 0 Å². The maximum absolute atomic E-state index is 11.0. The van der Waals surface area contributed by atoms with E-state index in [-0.39, 0.29) is 12.4 Å². The number of fused-ring (bicyclic) bond motifs is 1. The van der Waals surface area contributed by atoms with Gasteiger partial charge in [0.25, 0.3) is 0 Å². The number of Topliss-reactive ketones (excluding diaryl/α,β-unsaturated/α-hetero) is 1. The summed E-state index contributed by atoms with van der Waals surface area (Å²) in [7, 11) is 0. The van der Waals surface area contributed by atoms with Crippen LogP contribution in [0.1, 0.15) is 13.8 Å². The Morgan fingerprint density at radius 2 is 2.18 bits per heavy atom. The topological polar surface area (TPSA) is 44.8 Å². The summed E-state index contributed by atoms with van der Waals surface area (Å²) >= 11 is 0. The quantitative estimate of drug-likeness (QED) is 0.500. The maximum Gasteiger partial charge on any atom is 0.194 e. The molecule has 0 N–H and O–H groups in total. The number of ether oxygens (including phenoxy) is 3. The van der Waals surface area contributed by atoms with Gasteiger partial charge in [-0.3, -0.25) is 4.79 Å². The lowest BCUT2D eigenvalue weighted by Gasteiger charge is -2.16. The standard InChI is InChI=1S/C7H10O4/c1-7(2)10-5-4(8)3-9-6(5)11-7/h5-6H,3H2,1-2H3/t5?,6-/m1/s1. The van der Waals surface area contributed by atoms with E-state index in [1.165, 1.54) is 0 Å². The van der Waals surface area contributed by atoms with Crippen molar-refractivity contribution in [2.24, 2.45) is 0 Å². The molecule has 0 aliphatic carbocycles. The number of carbonyl (C=O) groups is 1. The fraction of sp³-hybridized carbons (Fsp3) is 0.857. The van der Waals surface area contributed by atoms with E-state index in [2.05, 4.69) is 0 Å². The van der Waals surface area contributed by atoms with Crippen LogP contribution in [0.4, 0.5) is 0 Å². The summed E-state index contributed by atoms with van der Waals surface area (Å²) in [6.45, 7) is 3.65. The second-order valence-electron chi connectivity index (χ2n) is 3.20. The summed E-state index contributed by atoms with van der Waals surface area (Å²) in [5, 5.41) is 0. The smallest absolute Gasteiger partial charge is 0.194 e. The van der Waals surface area contributed by atoms with Crippen molar-refractivity contribution in [1.29, 1.82) is 0 Å². The average Bonchev–Trinajstić information content (AvgIpc) is 2.31. The van der Waals surface area contributed by atoms with Crippen LogP contribution in [-0.4, -0.2) is 30.6 Å². The van der Waals surface area contributed by atoms with Crippen LogP contribution in [0.2, 0.25) is 0 Å². The van der Waals surface area contributed by atoms with Gasteiger partial charge in [-0.05, 0) is 13.8 Å². The van der Waals surface area contributed by atoms with E-state index >= 15 is 0 Å². The molecular formula is C7H10O4. The molecule has 0 aromatic rings. The summed E-state index contributed by atoms with van der Waals surface area (Å²) in [6, 6.07) is 0. The van der Waals surface area contributed by atoms with Crippen molar-refractivity contribution in [3.8, 4) is 0 Å². The van der Waals surface area contributed by atoms with Crippen molar-refractivity contribution < 1.29 is 19.0 Å². The molecule has 0 spiro atoms. The third-order valence-corrected chi connectivity index (χ3v) is 1.77. The Balaban J connectivity index is 2.16. The van der Waals surface area contributed by atoms with Crippen LogP contribution >= 0.6 is 0 Å². The first kappa shape index (κ1) is 7.21. The number of rotatable bonds is 0. The SMILES string of the molecule is CC1(C)OC2C(=O)CO[C@@H]2O1. The molecule has 62 valence electrons. The second-order valence-corrected chi connectivity index (χ2v) is 3.20. The molecule has 2 rings (SSSR count). The van der Waals surface area contributed by atoms with Crippen molar-refractivity contribution in [2.75, 3.05) is 6.61 Å². The van der Waals surface area contributed by atoms with Gasteiger partial charge in [0.1, 0.15) is 6.61 Å². The maximum atomic E-state index is 11.0. The van der Waals surface area contributed by atoms with Crippen LogP contribution in [0.15, 0.2) is 0 Å². The lowest BCUT2D eigenvalue weighted by Crippen LogP contribution is -2.26. The predicted molar refractivity (Wildman–Crippen MR) is 34.8 cm³/mol. The van der Waals surface area contributed by atoms with E-state index in [4.69, 9.17) is 14.2 Å². The van der Waals surface area contributed by atoms with E-state index in [1.54, 1.807) is 13.8 Å². The summed E-state index contributed by atoms with van der Waals surface area (Å²) < 4.78 is 15.6. The minimum absolute atomic E-state index is 0.0272. The van der Waals surface area contributed by atoms with Gasteiger partial charge in [0, 0.05) is 0 Å². The molecule has 2 atom stereocenters. The lowest BCUT2D eigenvalue weighted by atomic mass is 10.3. The number of ketones is 1. The average molecular weight is 158 g/mol. The Hall–Kier alpha value is -0.450. The minimum Gasteiger partial charge on any atom is -0.341 e. The number of hydrogen-bond donors (Lipinski definition) is 0. The molecule has 2 aliphatic heterocycles. The molecule has 0 aromatic carbocycles. The highest BCUT2D eigenvalue weighted by atomic mass is 16.8. The molecule has 2 heterocycles. The zero-order valence-electron chi connectivity index (χ0n) is 6.49. The molecule has 0 bridgehead atoms. The van der Waals surface area contributed by atoms with Gasteiger partial charge in [-0.25, -0.2) is 0 Å². The van der Waals surface area contributed by atoms with Gasteiger partial charge in [0.2, 0.25) is 0 Å². The van der Waals surface area contributed by atoms with Crippen molar-refractivity contribution in [2.45, 2.75) is 32.0 Å². The van der Waals surface area contributed by atoms with Crippen LogP contribution in [0, 0.1) is 0 Å². The Morgan fingerprint density at radius 1 is 1.45 bits per heavy atom. The van der Waals surface area contributed by atoms with Crippen LogP contribution in [0.3, 0.4) is 0 Å². The van der Waals surface area contributed by atoms with E-state index < -0.39 is 18.2 Å². The molecular weight excluding hydrogens is 148 g/mol. The molecule has 0 aromatic heterocycles. The van der Waals surface area contributed by atoms with Gasteiger partial charge >= 0.3 is 0 Å². The Kier molecular flexibility index (Phi) is 1.33. The van der Waals surface area contributed by atoms with Crippen molar-refractivity contribution in [3.05, 3.63) is 0 Å². The van der Waals surface area contributed by atoms with Gasteiger partial charge in [0.15, 0.2) is 24.0 Å². The molecule has 4 heteroatoms. The fourth-order valence-corrected chi connectivity index (χ4v) is 1.32. The van der Waals surface area contributed by atoms with Crippen molar-refractivity contribution in [1.82, 2.24) is 0 Å². The van der Waals surface area contributed by atoms with E-state index in [1.807, 2.05) is 0 Å². The van der Waals surface area contributed by atoms with E-state index in [0.29, 0.717) is 0 Å². The number of carbonyl (C=O) groups excluding carboxylic acids is 1. The van der Waals surface area contributed by atoms with Gasteiger partial charge in [-0.15, -0.1) is 0 Å². The Bertz CT molecular complexity index is 199. The molecule has 2 fully saturated rings. The highest BCUT2D eigenvalue weighted by Gasteiger charge is 2.49. The Labute approximate surface area is 64.4 Å². The third kappa shape index (κ3) is 1.07.